The Morgan fingerprint density at radius 2 is 2.41 bits per heavy atom. The van der Waals surface area contributed by atoms with Crippen LogP contribution in [-0.4, -0.2) is 35.4 Å². The molecule has 0 aliphatic carbocycles. The molecule has 1 aromatic rings. The highest BCUT2D eigenvalue weighted by molar-refractivity contribution is 7.99. The molecule has 1 aromatic carbocycles. The van der Waals surface area contributed by atoms with Crippen molar-refractivity contribution in [3.05, 3.63) is 34.6 Å². The van der Waals surface area contributed by atoms with E-state index >= 15 is 0 Å². The lowest BCUT2D eigenvalue weighted by Crippen LogP contribution is -2.36. The van der Waals surface area contributed by atoms with Crippen LogP contribution in [0.25, 0.3) is 0 Å². The smallest absolute Gasteiger partial charge is 0.145 e. The van der Waals surface area contributed by atoms with E-state index < -0.39 is 11.9 Å². The van der Waals surface area contributed by atoms with Crippen LogP contribution in [0.2, 0.25) is 5.02 Å². The van der Waals surface area contributed by atoms with Crippen molar-refractivity contribution >= 4 is 23.4 Å². The second kappa shape index (κ2) is 6.05. The Labute approximate surface area is 109 Å². The molecular weight excluding hydrogens is 263 g/mol. The Bertz CT molecular complexity index is 383. The molecule has 1 saturated heterocycles. The maximum atomic E-state index is 13.6. The van der Waals surface area contributed by atoms with E-state index in [4.69, 9.17) is 16.3 Å². The number of aliphatic hydroxyl groups excluding tert-OH is 1. The van der Waals surface area contributed by atoms with Crippen molar-refractivity contribution in [2.45, 2.75) is 18.6 Å². The zero-order valence-electron chi connectivity index (χ0n) is 9.23. The minimum atomic E-state index is -0.684. The lowest BCUT2D eigenvalue weighted by molar-refractivity contribution is -0.0210. The van der Waals surface area contributed by atoms with Gasteiger partial charge in [-0.15, -0.1) is 0 Å². The molecule has 94 valence electrons. The standard InChI is InChI=1S/C12H14ClFO2S/c13-9-3-1-2-8(12(9)14)6-10(15)11-7-17-5-4-16-11/h1-3,10-11,15H,4-7H2. The third kappa shape index (κ3) is 3.35. The van der Waals surface area contributed by atoms with E-state index in [1.54, 1.807) is 23.9 Å². The van der Waals surface area contributed by atoms with Crippen LogP contribution in [0.4, 0.5) is 4.39 Å². The third-order valence-electron chi connectivity index (χ3n) is 2.73. The molecule has 0 saturated carbocycles. The molecule has 0 bridgehead atoms. The quantitative estimate of drug-likeness (QED) is 0.920. The summed E-state index contributed by atoms with van der Waals surface area (Å²) in [5, 5.41) is 10.1. The van der Waals surface area contributed by atoms with Crippen molar-refractivity contribution in [1.29, 1.82) is 0 Å². The molecule has 2 unspecified atom stereocenters. The predicted molar refractivity (Wildman–Crippen MR) is 68.2 cm³/mol. The van der Waals surface area contributed by atoms with E-state index in [-0.39, 0.29) is 17.5 Å². The number of halogens is 2. The molecule has 5 heteroatoms. The van der Waals surface area contributed by atoms with E-state index in [0.717, 1.165) is 11.5 Å². The van der Waals surface area contributed by atoms with Crippen LogP contribution in [0.5, 0.6) is 0 Å². The number of aliphatic hydroxyl groups is 1. The summed E-state index contributed by atoms with van der Waals surface area (Å²) >= 11 is 7.44. The SMILES string of the molecule is OC(Cc1cccc(Cl)c1F)C1CSCCO1. The van der Waals surface area contributed by atoms with Crippen molar-refractivity contribution in [3.8, 4) is 0 Å². The molecule has 0 aromatic heterocycles. The monoisotopic (exact) mass is 276 g/mol. The van der Waals surface area contributed by atoms with Gasteiger partial charge in [-0.25, -0.2) is 4.39 Å². The summed E-state index contributed by atoms with van der Waals surface area (Å²) in [7, 11) is 0. The minimum Gasteiger partial charge on any atom is -0.390 e. The Hall–Kier alpha value is -0.290. The first kappa shape index (κ1) is 13.1. The molecule has 2 atom stereocenters. The second-order valence-corrected chi connectivity index (χ2v) is 5.53. The fourth-order valence-electron chi connectivity index (χ4n) is 1.79. The summed E-state index contributed by atoms with van der Waals surface area (Å²) in [5.74, 6) is 1.26. The summed E-state index contributed by atoms with van der Waals surface area (Å²) in [6, 6.07) is 4.82. The first-order valence-electron chi connectivity index (χ1n) is 5.49. The van der Waals surface area contributed by atoms with Crippen LogP contribution in [-0.2, 0) is 11.2 Å². The molecule has 2 nitrogen and oxygen atoms in total. The number of ether oxygens (including phenoxy) is 1. The zero-order valence-corrected chi connectivity index (χ0v) is 10.8. The maximum Gasteiger partial charge on any atom is 0.145 e. The largest absolute Gasteiger partial charge is 0.390 e. The Balaban J connectivity index is 2.01. The average molecular weight is 277 g/mol. The Morgan fingerprint density at radius 3 is 3.12 bits per heavy atom. The van der Waals surface area contributed by atoms with Crippen LogP contribution in [0.1, 0.15) is 5.56 Å². The number of hydrogen-bond donors (Lipinski definition) is 1. The molecule has 0 amide bonds. The van der Waals surface area contributed by atoms with Crippen LogP contribution in [0.3, 0.4) is 0 Å². The summed E-state index contributed by atoms with van der Waals surface area (Å²) in [4.78, 5) is 0. The molecule has 17 heavy (non-hydrogen) atoms. The van der Waals surface area contributed by atoms with Gasteiger partial charge >= 0.3 is 0 Å². The van der Waals surface area contributed by atoms with E-state index in [9.17, 15) is 9.50 Å². The van der Waals surface area contributed by atoms with Gasteiger partial charge in [0.15, 0.2) is 0 Å². The molecule has 0 spiro atoms. The van der Waals surface area contributed by atoms with Crippen molar-refractivity contribution in [3.63, 3.8) is 0 Å². The second-order valence-electron chi connectivity index (χ2n) is 3.97. The van der Waals surface area contributed by atoms with Crippen molar-refractivity contribution in [2.75, 3.05) is 18.1 Å². The molecule has 2 rings (SSSR count). The highest BCUT2D eigenvalue weighted by Gasteiger charge is 2.24. The molecule has 1 fully saturated rings. The minimum absolute atomic E-state index is 0.0913. The van der Waals surface area contributed by atoms with E-state index in [1.165, 1.54) is 6.07 Å². The maximum absolute atomic E-state index is 13.6. The number of hydrogen-bond acceptors (Lipinski definition) is 3. The summed E-state index contributed by atoms with van der Waals surface area (Å²) < 4.78 is 19.1. The van der Waals surface area contributed by atoms with Crippen molar-refractivity contribution in [2.24, 2.45) is 0 Å². The number of thioether (sulfide) groups is 1. The summed E-state index contributed by atoms with van der Waals surface area (Å²) in [6.45, 7) is 0.643. The molecule has 1 N–H and O–H groups in total. The molecule has 1 aliphatic rings. The first-order chi connectivity index (χ1) is 8.18. The van der Waals surface area contributed by atoms with Crippen LogP contribution in [0.15, 0.2) is 18.2 Å². The van der Waals surface area contributed by atoms with E-state index in [1.807, 2.05) is 0 Å². The normalized spacial score (nSPS) is 22.4. The first-order valence-corrected chi connectivity index (χ1v) is 7.02. The highest BCUT2D eigenvalue weighted by Crippen LogP contribution is 2.22. The van der Waals surface area contributed by atoms with Crippen LogP contribution < -0.4 is 0 Å². The lowest BCUT2D eigenvalue weighted by atomic mass is 10.0. The predicted octanol–water partition coefficient (Wildman–Crippen LogP) is 2.51. The van der Waals surface area contributed by atoms with Gasteiger partial charge < -0.3 is 9.84 Å². The molecule has 1 aliphatic heterocycles. The topological polar surface area (TPSA) is 29.5 Å². The number of rotatable bonds is 3. The van der Waals surface area contributed by atoms with Crippen molar-refractivity contribution < 1.29 is 14.2 Å². The van der Waals surface area contributed by atoms with Gasteiger partial charge in [-0.1, -0.05) is 23.7 Å². The Morgan fingerprint density at radius 1 is 1.59 bits per heavy atom. The van der Waals surface area contributed by atoms with Crippen LogP contribution >= 0.6 is 23.4 Å². The van der Waals surface area contributed by atoms with Gasteiger partial charge in [0.1, 0.15) is 5.82 Å². The molecule has 0 radical (unpaired) electrons. The van der Waals surface area contributed by atoms with Gasteiger partial charge in [0.05, 0.1) is 23.8 Å². The Kier molecular flexibility index (Phi) is 4.68. The van der Waals surface area contributed by atoms with Crippen molar-refractivity contribution in [1.82, 2.24) is 0 Å². The van der Waals surface area contributed by atoms with Crippen LogP contribution in [0, 0.1) is 5.82 Å². The average Bonchev–Trinajstić information content (AvgIpc) is 2.36. The van der Waals surface area contributed by atoms with Gasteiger partial charge in [0.2, 0.25) is 0 Å². The molecule has 1 heterocycles. The highest BCUT2D eigenvalue weighted by atomic mass is 35.5. The lowest BCUT2D eigenvalue weighted by Gasteiger charge is -2.26. The van der Waals surface area contributed by atoms with E-state index in [0.29, 0.717) is 12.2 Å². The van der Waals surface area contributed by atoms with Gasteiger partial charge in [0, 0.05) is 17.9 Å². The van der Waals surface area contributed by atoms with E-state index in [2.05, 4.69) is 0 Å². The molecular formula is C12H14ClFO2S. The van der Waals surface area contributed by atoms with Gasteiger partial charge in [-0.2, -0.15) is 11.8 Å². The van der Waals surface area contributed by atoms with Gasteiger partial charge in [-0.3, -0.25) is 0 Å². The number of benzene rings is 1. The fourth-order valence-corrected chi connectivity index (χ4v) is 2.92. The van der Waals surface area contributed by atoms with Gasteiger partial charge in [-0.05, 0) is 11.6 Å². The fraction of sp³-hybridized carbons (Fsp3) is 0.500. The third-order valence-corrected chi connectivity index (χ3v) is 4.04. The van der Waals surface area contributed by atoms with Gasteiger partial charge in [0.25, 0.3) is 0 Å². The zero-order chi connectivity index (χ0) is 12.3. The summed E-state index contributed by atoms with van der Waals surface area (Å²) in [6.07, 6.45) is -0.666. The summed E-state index contributed by atoms with van der Waals surface area (Å²) in [5.41, 5.74) is 0.434.